The highest BCUT2D eigenvalue weighted by Crippen LogP contribution is 2.21. The van der Waals surface area contributed by atoms with Gasteiger partial charge in [-0.25, -0.2) is 4.39 Å². The average Bonchev–Trinajstić information content (AvgIpc) is 2.61. The Morgan fingerprint density at radius 3 is 2.50 bits per heavy atom. The summed E-state index contributed by atoms with van der Waals surface area (Å²) in [4.78, 5) is 26.6. The van der Waals surface area contributed by atoms with Gasteiger partial charge in [-0.1, -0.05) is 39.7 Å². The molecule has 26 heavy (non-hydrogen) atoms. The van der Waals surface area contributed by atoms with Crippen LogP contribution in [0, 0.1) is 5.82 Å². The van der Waals surface area contributed by atoms with Crippen LogP contribution >= 0.6 is 27.5 Å². The molecule has 136 valence electrons. The smallest absolute Gasteiger partial charge is 0.255 e. The molecule has 0 unspecified atom stereocenters. The van der Waals surface area contributed by atoms with Crippen molar-refractivity contribution in [2.45, 2.75) is 18.9 Å². The van der Waals surface area contributed by atoms with Gasteiger partial charge in [-0.3, -0.25) is 9.59 Å². The summed E-state index contributed by atoms with van der Waals surface area (Å²) in [5.41, 5.74) is 0.488. The maximum absolute atomic E-state index is 13.8. The second-order valence-electron chi connectivity index (χ2n) is 6.15. The van der Waals surface area contributed by atoms with Crippen molar-refractivity contribution in [3.63, 3.8) is 0 Å². The van der Waals surface area contributed by atoms with Crippen LogP contribution in [0.4, 0.5) is 4.39 Å². The molecular weight excluding hydrogens is 423 g/mol. The molecule has 3 rings (SSSR count). The zero-order chi connectivity index (χ0) is 18.7. The van der Waals surface area contributed by atoms with Gasteiger partial charge in [0.2, 0.25) is 0 Å². The van der Waals surface area contributed by atoms with Crippen molar-refractivity contribution >= 4 is 39.3 Å². The van der Waals surface area contributed by atoms with Crippen LogP contribution in [0.2, 0.25) is 5.02 Å². The quantitative estimate of drug-likeness (QED) is 0.776. The Hall–Kier alpha value is -1.92. The molecule has 1 N–H and O–H groups in total. The van der Waals surface area contributed by atoms with Crippen molar-refractivity contribution in [2.24, 2.45) is 0 Å². The Labute approximate surface area is 164 Å². The molecule has 0 aromatic heterocycles. The van der Waals surface area contributed by atoms with Crippen molar-refractivity contribution < 1.29 is 14.0 Å². The van der Waals surface area contributed by atoms with Gasteiger partial charge in [0.25, 0.3) is 11.8 Å². The Morgan fingerprint density at radius 2 is 1.85 bits per heavy atom. The largest absolute Gasteiger partial charge is 0.349 e. The van der Waals surface area contributed by atoms with Crippen LogP contribution in [0.3, 0.4) is 0 Å². The minimum absolute atomic E-state index is 0.0341. The number of nitrogens with zero attached hydrogens (tertiary/aromatic N) is 1. The van der Waals surface area contributed by atoms with Gasteiger partial charge in [0.1, 0.15) is 5.82 Å². The SMILES string of the molecule is O=C(NC1CCN(C(=O)c2cccc(Br)c2)CC1)c1c(F)cccc1Cl. The summed E-state index contributed by atoms with van der Waals surface area (Å²) in [5.74, 6) is -1.20. The number of hydrogen-bond acceptors (Lipinski definition) is 2. The van der Waals surface area contributed by atoms with E-state index < -0.39 is 11.7 Å². The summed E-state index contributed by atoms with van der Waals surface area (Å²) < 4.78 is 14.7. The van der Waals surface area contributed by atoms with Crippen LogP contribution in [0.5, 0.6) is 0 Å². The summed E-state index contributed by atoms with van der Waals surface area (Å²) in [6, 6.07) is 11.3. The molecule has 1 heterocycles. The van der Waals surface area contributed by atoms with E-state index in [1.807, 2.05) is 12.1 Å². The second-order valence-corrected chi connectivity index (χ2v) is 7.47. The monoisotopic (exact) mass is 438 g/mol. The van der Waals surface area contributed by atoms with E-state index in [2.05, 4.69) is 21.2 Å². The van der Waals surface area contributed by atoms with Crippen LogP contribution in [-0.2, 0) is 0 Å². The van der Waals surface area contributed by atoms with Gasteiger partial charge in [0, 0.05) is 29.2 Å². The van der Waals surface area contributed by atoms with Crippen LogP contribution in [0.25, 0.3) is 0 Å². The van der Waals surface area contributed by atoms with Gasteiger partial charge in [-0.05, 0) is 43.2 Å². The number of likely N-dealkylation sites (tertiary alicyclic amines) is 1. The first kappa shape index (κ1) is 18.9. The van der Waals surface area contributed by atoms with Crippen LogP contribution in [0.15, 0.2) is 46.9 Å². The molecule has 0 saturated carbocycles. The van der Waals surface area contributed by atoms with Crippen LogP contribution < -0.4 is 5.32 Å². The molecule has 0 aliphatic carbocycles. The van der Waals surface area contributed by atoms with Gasteiger partial charge in [-0.15, -0.1) is 0 Å². The predicted octanol–water partition coefficient (Wildman–Crippen LogP) is 4.28. The molecule has 1 aliphatic rings. The predicted molar refractivity (Wildman–Crippen MR) is 102 cm³/mol. The maximum Gasteiger partial charge on any atom is 0.255 e. The van der Waals surface area contributed by atoms with E-state index in [0.717, 1.165) is 4.47 Å². The fraction of sp³-hybridized carbons (Fsp3) is 0.263. The molecular formula is C19H17BrClFN2O2. The van der Waals surface area contributed by atoms with Crippen LogP contribution in [-0.4, -0.2) is 35.8 Å². The second kappa shape index (κ2) is 8.18. The molecule has 0 radical (unpaired) electrons. The molecule has 0 bridgehead atoms. The topological polar surface area (TPSA) is 49.4 Å². The number of rotatable bonds is 3. The summed E-state index contributed by atoms with van der Waals surface area (Å²) >= 11 is 9.30. The van der Waals surface area contributed by atoms with Crippen molar-refractivity contribution in [1.82, 2.24) is 10.2 Å². The first-order valence-corrected chi connectivity index (χ1v) is 9.42. The lowest BCUT2D eigenvalue weighted by Gasteiger charge is -2.32. The Kier molecular flexibility index (Phi) is 5.94. The third-order valence-electron chi connectivity index (χ3n) is 4.38. The number of nitrogens with one attached hydrogen (secondary N) is 1. The van der Waals surface area contributed by atoms with Gasteiger partial charge in [0.05, 0.1) is 10.6 Å². The molecule has 1 aliphatic heterocycles. The van der Waals surface area contributed by atoms with Crippen molar-refractivity contribution in [1.29, 1.82) is 0 Å². The molecule has 2 aromatic carbocycles. The normalized spacial score (nSPS) is 15.0. The summed E-state index contributed by atoms with van der Waals surface area (Å²) in [5, 5.41) is 2.90. The standard InChI is InChI=1S/C19H17BrClFN2O2/c20-13-4-1-3-12(11-13)19(26)24-9-7-14(8-10-24)23-18(25)17-15(21)5-2-6-16(17)22/h1-6,11,14H,7-10H2,(H,23,25). The lowest BCUT2D eigenvalue weighted by Crippen LogP contribution is -2.46. The first-order valence-electron chi connectivity index (χ1n) is 8.25. The first-order chi connectivity index (χ1) is 12.5. The molecule has 7 heteroatoms. The fourth-order valence-electron chi connectivity index (χ4n) is 3.00. The van der Waals surface area contributed by atoms with E-state index in [1.165, 1.54) is 18.2 Å². The van der Waals surface area contributed by atoms with E-state index in [1.54, 1.807) is 17.0 Å². The highest BCUT2D eigenvalue weighted by atomic mass is 79.9. The number of amides is 2. The number of carbonyl (C=O) groups is 2. The van der Waals surface area contributed by atoms with Gasteiger partial charge in [-0.2, -0.15) is 0 Å². The molecule has 2 aromatic rings. The number of carbonyl (C=O) groups excluding carboxylic acids is 2. The number of halogens is 3. The third-order valence-corrected chi connectivity index (χ3v) is 5.19. The zero-order valence-electron chi connectivity index (χ0n) is 13.8. The summed E-state index contributed by atoms with van der Waals surface area (Å²) in [6.07, 6.45) is 1.22. The highest BCUT2D eigenvalue weighted by molar-refractivity contribution is 9.10. The van der Waals surface area contributed by atoms with E-state index in [9.17, 15) is 14.0 Å². The highest BCUT2D eigenvalue weighted by Gasteiger charge is 2.26. The Bertz CT molecular complexity index is 818. The summed E-state index contributed by atoms with van der Waals surface area (Å²) in [7, 11) is 0. The van der Waals surface area contributed by atoms with Crippen molar-refractivity contribution in [2.75, 3.05) is 13.1 Å². The molecule has 1 saturated heterocycles. The third kappa shape index (κ3) is 4.24. The fourth-order valence-corrected chi connectivity index (χ4v) is 3.65. The van der Waals surface area contributed by atoms with E-state index in [-0.39, 0.29) is 22.5 Å². The van der Waals surface area contributed by atoms with Crippen molar-refractivity contribution in [3.8, 4) is 0 Å². The molecule has 1 fully saturated rings. The van der Waals surface area contributed by atoms with Crippen LogP contribution in [0.1, 0.15) is 33.6 Å². The molecule has 0 atom stereocenters. The van der Waals surface area contributed by atoms with E-state index >= 15 is 0 Å². The lowest BCUT2D eigenvalue weighted by molar-refractivity contribution is 0.0698. The summed E-state index contributed by atoms with van der Waals surface area (Å²) in [6.45, 7) is 1.06. The molecule has 2 amide bonds. The lowest BCUT2D eigenvalue weighted by atomic mass is 10.0. The molecule has 0 spiro atoms. The van der Waals surface area contributed by atoms with E-state index in [4.69, 9.17) is 11.6 Å². The average molecular weight is 440 g/mol. The van der Waals surface area contributed by atoms with Gasteiger partial charge < -0.3 is 10.2 Å². The van der Waals surface area contributed by atoms with E-state index in [0.29, 0.717) is 31.5 Å². The van der Waals surface area contributed by atoms with Crippen molar-refractivity contribution in [3.05, 3.63) is 68.9 Å². The van der Waals surface area contributed by atoms with Gasteiger partial charge in [0.15, 0.2) is 0 Å². The minimum atomic E-state index is -0.641. The Morgan fingerprint density at radius 1 is 1.15 bits per heavy atom. The number of benzene rings is 2. The van der Waals surface area contributed by atoms with Gasteiger partial charge >= 0.3 is 0 Å². The number of piperidine rings is 1. The minimum Gasteiger partial charge on any atom is -0.349 e. The zero-order valence-corrected chi connectivity index (χ0v) is 16.2. The number of hydrogen-bond donors (Lipinski definition) is 1. The Balaban J connectivity index is 1.59. The maximum atomic E-state index is 13.8. The molecule has 4 nitrogen and oxygen atoms in total.